The minimum absolute atomic E-state index is 0.975. The van der Waals surface area contributed by atoms with Gasteiger partial charge in [-0.25, -0.2) is 4.98 Å². The Labute approximate surface area is 105 Å². The Morgan fingerprint density at radius 3 is 2.94 bits per heavy atom. The molecule has 1 saturated carbocycles. The predicted octanol–water partition coefficient (Wildman–Crippen LogP) is 3.59. The maximum atomic E-state index is 4.56. The Balaban J connectivity index is 1.80. The summed E-state index contributed by atoms with van der Waals surface area (Å²) in [6.07, 6.45) is 10.2. The number of hydrogen-bond donors (Lipinski definition) is 1. The number of unbranched alkanes of at least 4 members (excludes halogenated alkanes) is 1. The van der Waals surface area contributed by atoms with Gasteiger partial charge in [-0.05, 0) is 25.7 Å². The zero-order chi connectivity index (χ0) is 12.1. The summed E-state index contributed by atoms with van der Waals surface area (Å²) < 4.78 is 2.26. The largest absolute Gasteiger partial charge is 0.356 e. The van der Waals surface area contributed by atoms with Crippen molar-refractivity contribution in [2.45, 2.75) is 58.9 Å². The molecule has 1 N–H and O–H groups in total. The third-order valence-corrected chi connectivity index (χ3v) is 3.71. The van der Waals surface area contributed by atoms with E-state index in [1.54, 1.807) is 0 Å². The van der Waals surface area contributed by atoms with Gasteiger partial charge in [-0.1, -0.05) is 32.6 Å². The van der Waals surface area contributed by atoms with Crippen molar-refractivity contribution in [3.8, 4) is 0 Å². The number of nitrogens with one attached hydrogen (secondary N) is 1. The Kier molecular flexibility index (Phi) is 4.46. The van der Waals surface area contributed by atoms with E-state index in [0.29, 0.717) is 0 Å². The second kappa shape index (κ2) is 6.08. The van der Waals surface area contributed by atoms with Gasteiger partial charge in [0.2, 0.25) is 5.95 Å². The Hall–Kier alpha value is -0.990. The standard InChI is InChI=1S/C14H25N3/c1-3-4-10-17-11-12(2)16-14(17)15-9-8-13-6-5-7-13/h11,13H,3-10H2,1-2H3,(H,15,16). The summed E-state index contributed by atoms with van der Waals surface area (Å²) >= 11 is 0. The number of nitrogens with zero attached hydrogens (tertiary/aromatic N) is 2. The molecule has 1 aliphatic carbocycles. The van der Waals surface area contributed by atoms with E-state index in [1.165, 1.54) is 38.5 Å². The molecule has 0 aliphatic heterocycles. The molecule has 1 aromatic heterocycles. The van der Waals surface area contributed by atoms with Crippen LogP contribution in [0, 0.1) is 12.8 Å². The van der Waals surface area contributed by atoms with Crippen LogP contribution in [-0.4, -0.2) is 16.1 Å². The molecule has 17 heavy (non-hydrogen) atoms. The summed E-state index contributed by atoms with van der Waals surface area (Å²) in [5.74, 6) is 2.04. The smallest absolute Gasteiger partial charge is 0.203 e. The molecule has 3 heteroatoms. The van der Waals surface area contributed by atoms with Crippen molar-refractivity contribution in [3.05, 3.63) is 11.9 Å². The van der Waals surface area contributed by atoms with Gasteiger partial charge in [-0.15, -0.1) is 0 Å². The lowest BCUT2D eigenvalue weighted by Gasteiger charge is -2.25. The number of anilines is 1. The highest BCUT2D eigenvalue weighted by Gasteiger charge is 2.16. The molecule has 0 saturated heterocycles. The van der Waals surface area contributed by atoms with Crippen LogP contribution in [0.1, 0.15) is 51.1 Å². The molecule has 1 aliphatic rings. The third-order valence-electron chi connectivity index (χ3n) is 3.71. The fourth-order valence-electron chi connectivity index (χ4n) is 2.36. The molecular weight excluding hydrogens is 210 g/mol. The summed E-state index contributed by atoms with van der Waals surface area (Å²) in [5, 5.41) is 3.49. The number of aryl methyl sites for hydroxylation is 2. The van der Waals surface area contributed by atoms with Crippen molar-refractivity contribution in [2.24, 2.45) is 5.92 Å². The zero-order valence-electron chi connectivity index (χ0n) is 11.2. The van der Waals surface area contributed by atoms with Gasteiger partial charge in [0.15, 0.2) is 0 Å². The summed E-state index contributed by atoms with van der Waals surface area (Å²) in [6, 6.07) is 0. The van der Waals surface area contributed by atoms with Gasteiger partial charge in [0.05, 0.1) is 5.69 Å². The quantitative estimate of drug-likeness (QED) is 0.782. The van der Waals surface area contributed by atoms with Crippen LogP contribution in [0.15, 0.2) is 6.20 Å². The summed E-state index contributed by atoms with van der Waals surface area (Å²) in [4.78, 5) is 4.56. The fraction of sp³-hybridized carbons (Fsp3) is 0.786. The van der Waals surface area contributed by atoms with E-state index in [0.717, 1.165) is 30.6 Å². The lowest BCUT2D eigenvalue weighted by Crippen LogP contribution is -2.17. The molecule has 3 nitrogen and oxygen atoms in total. The van der Waals surface area contributed by atoms with Crippen molar-refractivity contribution < 1.29 is 0 Å². The van der Waals surface area contributed by atoms with E-state index in [-0.39, 0.29) is 0 Å². The molecule has 0 unspecified atom stereocenters. The first-order valence-corrected chi connectivity index (χ1v) is 7.07. The maximum Gasteiger partial charge on any atom is 0.203 e. The van der Waals surface area contributed by atoms with Gasteiger partial charge in [0.25, 0.3) is 0 Å². The Bertz CT molecular complexity index is 339. The molecule has 0 spiro atoms. The normalized spacial score (nSPS) is 15.9. The molecule has 0 atom stereocenters. The lowest BCUT2D eigenvalue weighted by molar-refractivity contribution is 0.302. The van der Waals surface area contributed by atoms with Crippen LogP contribution in [0.5, 0.6) is 0 Å². The SMILES string of the molecule is CCCCn1cc(C)nc1NCCC1CCC1. The van der Waals surface area contributed by atoms with Crippen LogP contribution < -0.4 is 5.32 Å². The average molecular weight is 235 g/mol. The van der Waals surface area contributed by atoms with Crippen LogP contribution in [0.25, 0.3) is 0 Å². The summed E-state index contributed by atoms with van der Waals surface area (Å²) in [6.45, 7) is 6.46. The summed E-state index contributed by atoms with van der Waals surface area (Å²) in [7, 11) is 0. The molecule has 0 amide bonds. The van der Waals surface area contributed by atoms with Crippen LogP contribution in [0.4, 0.5) is 5.95 Å². The second-order valence-electron chi connectivity index (χ2n) is 5.27. The minimum atomic E-state index is 0.975. The molecule has 1 heterocycles. The predicted molar refractivity (Wildman–Crippen MR) is 72.3 cm³/mol. The minimum Gasteiger partial charge on any atom is -0.356 e. The second-order valence-corrected chi connectivity index (χ2v) is 5.27. The van der Waals surface area contributed by atoms with Gasteiger partial charge >= 0.3 is 0 Å². The van der Waals surface area contributed by atoms with Gasteiger partial charge < -0.3 is 9.88 Å². The van der Waals surface area contributed by atoms with Crippen LogP contribution in [0.2, 0.25) is 0 Å². The maximum absolute atomic E-state index is 4.56. The fourth-order valence-corrected chi connectivity index (χ4v) is 2.36. The number of imidazole rings is 1. The lowest BCUT2D eigenvalue weighted by atomic mass is 9.83. The Morgan fingerprint density at radius 1 is 1.47 bits per heavy atom. The first kappa shape index (κ1) is 12.5. The van der Waals surface area contributed by atoms with Crippen molar-refractivity contribution in [3.63, 3.8) is 0 Å². The van der Waals surface area contributed by atoms with Crippen molar-refractivity contribution in [2.75, 3.05) is 11.9 Å². The molecule has 1 aromatic rings. The monoisotopic (exact) mass is 235 g/mol. The molecule has 1 fully saturated rings. The molecule has 96 valence electrons. The van der Waals surface area contributed by atoms with Crippen molar-refractivity contribution >= 4 is 5.95 Å². The first-order chi connectivity index (χ1) is 8.29. The molecule has 0 aromatic carbocycles. The molecule has 2 rings (SSSR count). The van der Waals surface area contributed by atoms with Crippen molar-refractivity contribution in [1.82, 2.24) is 9.55 Å². The Morgan fingerprint density at radius 2 is 2.29 bits per heavy atom. The van der Waals surface area contributed by atoms with Crippen LogP contribution in [0.3, 0.4) is 0 Å². The first-order valence-electron chi connectivity index (χ1n) is 7.07. The molecule has 0 radical (unpaired) electrons. The third kappa shape index (κ3) is 3.48. The zero-order valence-corrected chi connectivity index (χ0v) is 11.2. The van der Waals surface area contributed by atoms with E-state index >= 15 is 0 Å². The van der Waals surface area contributed by atoms with Crippen LogP contribution in [-0.2, 0) is 6.54 Å². The van der Waals surface area contributed by atoms with Crippen LogP contribution >= 0.6 is 0 Å². The van der Waals surface area contributed by atoms with Crippen molar-refractivity contribution in [1.29, 1.82) is 0 Å². The van der Waals surface area contributed by atoms with E-state index in [9.17, 15) is 0 Å². The highest BCUT2D eigenvalue weighted by Crippen LogP contribution is 2.29. The molecular formula is C14H25N3. The van der Waals surface area contributed by atoms with E-state index in [2.05, 4.69) is 34.9 Å². The highest BCUT2D eigenvalue weighted by atomic mass is 15.2. The molecule has 0 bridgehead atoms. The van der Waals surface area contributed by atoms with E-state index < -0.39 is 0 Å². The number of rotatable bonds is 7. The van der Waals surface area contributed by atoms with Gasteiger partial charge in [-0.3, -0.25) is 0 Å². The number of hydrogen-bond acceptors (Lipinski definition) is 2. The average Bonchev–Trinajstić information content (AvgIpc) is 2.60. The van der Waals surface area contributed by atoms with Gasteiger partial charge in [0, 0.05) is 19.3 Å². The topological polar surface area (TPSA) is 29.9 Å². The summed E-state index contributed by atoms with van der Waals surface area (Å²) in [5.41, 5.74) is 1.12. The number of aromatic nitrogens is 2. The highest BCUT2D eigenvalue weighted by molar-refractivity contribution is 5.28. The van der Waals surface area contributed by atoms with Gasteiger partial charge in [0.1, 0.15) is 0 Å². The van der Waals surface area contributed by atoms with Gasteiger partial charge in [-0.2, -0.15) is 0 Å². The van der Waals surface area contributed by atoms with E-state index in [4.69, 9.17) is 0 Å². The van der Waals surface area contributed by atoms with E-state index in [1.807, 2.05) is 0 Å².